The molecule has 2 aliphatic heterocycles. The largest absolute Gasteiger partial charge is 0.481 e. The number of carbonyl (C=O) groups excluding carboxylic acids is 1. The fourth-order valence-corrected chi connectivity index (χ4v) is 4.57. The molecule has 2 atom stereocenters. The molecule has 1 aliphatic carbocycles. The molecule has 0 spiro atoms. The van der Waals surface area contributed by atoms with E-state index in [1.165, 1.54) is 0 Å². The number of hydrogen-bond acceptors (Lipinski definition) is 7. The molecule has 0 unspecified atom stereocenters. The van der Waals surface area contributed by atoms with Gasteiger partial charge >= 0.3 is 5.97 Å². The Morgan fingerprint density at radius 1 is 1.00 bits per heavy atom. The molecule has 1 N–H and O–H groups in total. The predicted molar refractivity (Wildman–Crippen MR) is 102 cm³/mol. The number of carboxylic acid groups (broad SMARTS) is 1. The van der Waals surface area contributed by atoms with Crippen LogP contribution in [-0.2, 0) is 4.79 Å². The van der Waals surface area contributed by atoms with Crippen molar-refractivity contribution in [3.63, 3.8) is 0 Å². The molecule has 2 aromatic carbocycles. The number of pyridine rings is 1. The average molecular weight is 405 g/mol. The summed E-state index contributed by atoms with van der Waals surface area (Å²) in [5.41, 5.74) is 1.54. The second-order valence-corrected chi connectivity index (χ2v) is 7.44. The number of nitrogens with zero attached hydrogens (tertiary/aromatic N) is 1. The molecule has 0 fully saturated rings. The molecule has 0 saturated heterocycles. The number of rotatable bonds is 2. The van der Waals surface area contributed by atoms with E-state index in [1.807, 2.05) is 18.2 Å². The molecule has 1 aromatic heterocycles. The van der Waals surface area contributed by atoms with Gasteiger partial charge in [-0.25, -0.2) is 0 Å². The van der Waals surface area contributed by atoms with E-state index < -0.39 is 17.8 Å². The van der Waals surface area contributed by atoms with Crippen LogP contribution in [0.5, 0.6) is 23.0 Å². The maximum atomic E-state index is 12.9. The monoisotopic (exact) mass is 405 g/mol. The topological polar surface area (TPSA) is 104 Å². The summed E-state index contributed by atoms with van der Waals surface area (Å²) in [5, 5.41) is 11.6. The first-order valence-electron chi connectivity index (χ1n) is 9.48. The Hall–Kier alpha value is -3.81. The average Bonchev–Trinajstić information content (AvgIpc) is 3.40. The number of ketones is 1. The maximum Gasteiger partial charge on any atom is 0.307 e. The Kier molecular flexibility index (Phi) is 3.47. The normalized spacial score (nSPS) is 21.0. The van der Waals surface area contributed by atoms with Crippen molar-refractivity contribution in [3.05, 3.63) is 53.3 Å². The van der Waals surface area contributed by atoms with Gasteiger partial charge in [0.15, 0.2) is 28.8 Å². The Balaban J connectivity index is 1.62. The van der Waals surface area contributed by atoms with Crippen molar-refractivity contribution in [2.24, 2.45) is 5.92 Å². The molecule has 0 saturated carbocycles. The zero-order chi connectivity index (χ0) is 20.4. The number of hydrogen-bond donors (Lipinski definition) is 1. The molecule has 0 bridgehead atoms. The van der Waals surface area contributed by atoms with Crippen LogP contribution in [0.2, 0.25) is 0 Å². The van der Waals surface area contributed by atoms with Gasteiger partial charge in [0.25, 0.3) is 0 Å². The lowest BCUT2D eigenvalue weighted by Crippen LogP contribution is -2.32. The molecule has 3 heterocycles. The Morgan fingerprint density at radius 2 is 1.77 bits per heavy atom. The van der Waals surface area contributed by atoms with Crippen LogP contribution < -0.4 is 18.9 Å². The van der Waals surface area contributed by atoms with Crippen molar-refractivity contribution in [1.29, 1.82) is 0 Å². The summed E-state index contributed by atoms with van der Waals surface area (Å²) < 4.78 is 21.9. The fraction of sp³-hybridized carbons (Fsp3) is 0.227. The van der Waals surface area contributed by atoms with Crippen molar-refractivity contribution in [1.82, 2.24) is 4.98 Å². The van der Waals surface area contributed by atoms with Gasteiger partial charge in [-0.05, 0) is 35.2 Å². The fourth-order valence-electron chi connectivity index (χ4n) is 4.57. The third-order valence-electron chi connectivity index (χ3n) is 5.89. The van der Waals surface area contributed by atoms with Crippen molar-refractivity contribution in [2.75, 3.05) is 13.6 Å². The Morgan fingerprint density at radius 3 is 2.60 bits per heavy atom. The van der Waals surface area contributed by atoms with Gasteiger partial charge in [0.2, 0.25) is 13.6 Å². The van der Waals surface area contributed by atoms with E-state index in [1.54, 1.807) is 18.3 Å². The number of carboxylic acids is 1. The van der Waals surface area contributed by atoms with Gasteiger partial charge in [-0.2, -0.15) is 0 Å². The number of aliphatic carboxylic acids is 1. The van der Waals surface area contributed by atoms with Gasteiger partial charge in [0.1, 0.15) is 0 Å². The molecule has 0 radical (unpaired) electrons. The molecule has 8 heteroatoms. The molecule has 0 amide bonds. The zero-order valence-corrected chi connectivity index (χ0v) is 15.6. The van der Waals surface area contributed by atoms with Gasteiger partial charge in [-0.15, -0.1) is 0 Å². The maximum absolute atomic E-state index is 12.9. The number of fused-ring (bicyclic) bond motifs is 5. The van der Waals surface area contributed by atoms with E-state index in [9.17, 15) is 14.7 Å². The van der Waals surface area contributed by atoms with Crippen LogP contribution in [0.15, 0.2) is 36.5 Å². The molecule has 30 heavy (non-hydrogen) atoms. The smallest absolute Gasteiger partial charge is 0.307 e. The van der Waals surface area contributed by atoms with E-state index in [4.69, 9.17) is 18.9 Å². The van der Waals surface area contributed by atoms with Crippen molar-refractivity contribution < 1.29 is 33.6 Å². The second kappa shape index (κ2) is 6.09. The highest BCUT2D eigenvalue weighted by atomic mass is 16.7. The predicted octanol–water partition coefficient (Wildman–Crippen LogP) is 3.11. The molecule has 150 valence electrons. The lowest BCUT2D eigenvalue weighted by Gasteiger charge is -2.31. The van der Waals surface area contributed by atoms with Gasteiger partial charge < -0.3 is 24.1 Å². The van der Waals surface area contributed by atoms with Crippen molar-refractivity contribution in [2.45, 2.75) is 12.3 Å². The van der Waals surface area contributed by atoms with Crippen LogP contribution in [0, 0.1) is 5.92 Å². The minimum absolute atomic E-state index is 0.0298. The minimum atomic E-state index is -1.05. The number of aromatic nitrogens is 1. The van der Waals surface area contributed by atoms with Crippen molar-refractivity contribution in [3.8, 4) is 23.0 Å². The highest BCUT2D eigenvalue weighted by molar-refractivity contribution is 6.05. The summed E-state index contributed by atoms with van der Waals surface area (Å²) in [5.74, 6) is -0.806. The van der Waals surface area contributed by atoms with Gasteiger partial charge in [0.05, 0.1) is 17.2 Å². The zero-order valence-electron chi connectivity index (χ0n) is 15.6. The summed E-state index contributed by atoms with van der Waals surface area (Å²) >= 11 is 0. The van der Waals surface area contributed by atoms with E-state index in [2.05, 4.69) is 4.98 Å². The Bertz CT molecular complexity index is 1250. The van der Waals surface area contributed by atoms with Crippen LogP contribution in [0.3, 0.4) is 0 Å². The second-order valence-electron chi connectivity index (χ2n) is 7.44. The molecule has 8 nitrogen and oxygen atoms in total. The first-order chi connectivity index (χ1) is 14.6. The van der Waals surface area contributed by atoms with Crippen LogP contribution in [-0.4, -0.2) is 35.4 Å². The molecule has 6 rings (SSSR count). The van der Waals surface area contributed by atoms with Crippen LogP contribution in [0.4, 0.5) is 0 Å². The third-order valence-corrected chi connectivity index (χ3v) is 5.89. The standard InChI is InChI=1S/C22H15NO7/c24-14-6-13(22(25)26)18(11-1-2-15-21(19(11)14)30-9-27-15)20-12-7-17-16(28-8-29-17)5-10(12)3-4-23-20/h1-5,7,13,18H,6,8-9H2,(H,25,26)/t13-,18+/m1/s1. The van der Waals surface area contributed by atoms with Gasteiger partial charge in [-0.1, -0.05) is 6.07 Å². The first-order valence-corrected chi connectivity index (χ1v) is 9.48. The SMILES string of the molecule is O=C1C[C@@H](C(=O)O)[C@@H](c2nccc3cc4c(cc23)OCO4)c2ccc3c(c21)OCO3. The molecule has 3 aliphatic rings. The minimum Gasteiger partial charge on any atom is -0.481 e. The summed E-state index contributed by atoms with van der Waals surface area (Å²) in [4.78, 5) is 29.6. The highest BCUT2D eigenvalue weighted by Crippen LogP contribution is 2.49. The first kappa shape index (κ1) is 17.1. The third kappa shape index (κ3) is 2.30. The highest BCUT2D eigenvalue weighted by Gasteiger charge is 2.43. The number of Topliss-reactive ketones (excluding diaryl/α,β-unsaturated/α-hetero) is 1. The lowest BCUT2D eigenvalue weighted by atomic mass is 9.71. The van der Waals surface area contributed by atoms with E-state index in [-0.39, 0.29) is 25.8 Å². The van der Waals surface area contributed by atoms with Crippen LogP contribution in [0.1, 0.15) is 34.0 Å². The van der Waals surface area contributed by atoms with E-state index in [0.29, 0.717) is 39.8 Å². The molecular weight excluding hydrogens is 390 g/mol. The summed E-state index contributed by atoms with van der Waals surface area (Å²) in [6, 6.07) is 8.97. The Labute approximate surface area is 169 Å². The van der Waals surface area contributed by atoms with Gasteiger partial charge in [-0.3, -0.25) is 14.6 Å². The number of ether oxygens (including phenoxy) is 4. The van der Waals surface area contributed by atoms with Crippen molar-refractivity contribution >= 4 is 22.5 Å². The van der Waals surface area contributed by atoms with Crippen LogP contribution >= 0.6 is 0 Å². The lowest BCUT2D eigenvalue weighted by molar-refractivity contribution is -0.142. The quantitative estimate of drug-likeness (QED) is 0.694. The summed E-state index contributed by atoms with van der Waals surface area (Å²) in [6.45, 7) is 0.165. The molecular formula is C22H15NO7. The number of carbonyl (C=O) groups is 2. The van der Waals surface area contributed by atoms with E-state index in [0.717, 1.165) is 10.8 Å². The molecule has 3 aromatic rings. The summed E-state index contributed by atoms with van der Waals surface area (Å²) in [6.07, 6.45) is 1.50. The number of benzene rings is 2. The van der Waals surface area contributed by atoms with Crippen LogP contribution in [0.25, 0.3) is 10.8 Å². The summed E-state index contributed by atoms with van der Waals surface area (Å²) in [7, 11) is 0. The van der Waals surface area contributed by atoms with Gasteiger partial charge in [0, 0.05) is 23.9 Å². The van der Waals surface area contributed by atoms with E-state index >= 15 is 0 Å².